The minimum atomic E-state index is -3.65. The standard InChI is InChI=1S/C13H21N3O4S2/c17-21(18,15-12-6-2-1-3-7-12)11-10-14-22(19,20)16-13-8-4-5-9-13/h1-3,6-7,13-16H,4-5,8-11H2. The summed E-state index contributed by atoms with van der Waals surface area (Å²) in [6, 6.07) is 8.42. The molecule has 2 rings (SSSR count). The van der Waals surface area contributed by atoms with Crippen LogP contribution in [0.4, 0.5) is 5.69 Å². The van der Waals surface area contributed by atoms with Crippen molar-refractivity contribution < 1.29 is 16.8 Å². The summed E-state index contributed by atoms with van der Waals surface area (Å²) < 4.78 is 54.5. The van der Waals surface area contributed by atoms with Crippen LogP contribution in [0.1, 0.15) is 25.7 Å². The summed E-state index contributed by atoms with van der Waals surface area (Å²) in [5.74, 6) is -0.326. The summed E-state index contributed by atoms with van der Waals surface area (Å²) in [6.45, 7) is -0.176. The molecule has 0 unspecified atom stereocenters. The number of nitrogens with one attached hydrogen (secondary N) is 3. The molecule has 22 heavy (non-hydrogen) atoms. The molecule has 3 N–H and O–H groups in total. The van der Waals surface area contributed by atoms with E-state index in [1.54, 1.807) is 30.3 Å². The number of hydrogen-bond donors (Lipinski definition) is 3. The number of rotatable bonds is 8. The number of para-hydroxylation sites is 1. The van der Waals surface area contributed by atoms with Gasteiger partial charge in [-0.2, -0.15) is 13.1 Å². The highest BCUT2D eigenvalue weighted by molar-refractivity contribution is 7.92. The zero-order valence-electron chi connectivity index (χ0n) is 12.2. The van der Waals surface area contributed by atoms with Crippen LogP contribution in [-0.2, 0) is 20.2 Å². The molecular weight excluding hydrogens is 326 g/mol. The Balaban J connectivity index is 1.79. The molecule has 124 valence electrons. The quantitative estimate of drug-likeness (QED) is 0.647. The highest BCUT2D eigenvalue weighted by Crippen LogP contribution is 2.18. The SMILES string of the molecule is O=S(=O)(CCNS(=O)(=O)NC1CCCC1)Nc1ccccc1. The van der Waals surface area contributed by atoms with Crippen LogP contribution in [0.15, 0.2) is 30.3 Å². The summed E-state index contributed by atoms with van der Waals surface area (Å²) >= 11 is 0. The molecule has 9 heteroatoms. The molecule has 1 aromatic carbocycles. The van der Waals surface area contributed by atoms with Gasteiger partial charge in [-0.15, -0.1) is 0 Å². The Kier molecular flexibility index (Phi) is 5.79. The zero-order valence-corrected chi connectivity index (χ0v) is 13.8. The van der Waals surface area contributed by atoms with E-state index in [1.807, 2.05) is 0 Å². The summed E-state index contributed by atoms with van der Waals surface area (Å²) in [7, 11) is -7.24. The van der Waals surface area contributed by atoms with E-state index in [4.69, 9.17) is 0 Å². The summed E-state index contributed by atoms with van der Waals surface area (Å²) in [5.41, 5.74) is 0.453. The maximum Gasteiger partial charge on any atom is 0.277 e. The fraction of sp³-hybridized carbons (Fsp3) is 0.538. The van der Waals surface area contributed by atoms with E-state index in [9.17, 15) is 16.8 Å². The Morgan fingerprint density at radius 1 is 1.00 bits per heavy atom. The van der Waals surface area contributed by atoms with Crippen molar-refractivity contribution in [3.8, 4) is 0 Å². The Bertz CT molecular complexity index is 668. The summed E-state index contributed by atoms with van der Waals surface area (Å²) in [5, 5.41) is 0. The van der Waals surface area contributed by atoms with Crippen LogP contribution < -0.4 is 14.2 Å². The van der Waals surface area contributed by atoms with Crippen molar-refractivity contribution in [2.75, 3.05) is 17.0 Å². The molecular formula is C13H21N3O4S2. The molecule has 0 amide bonds. The molecule has 1 saturated carbocycles. The van der Waals surface area contributed by atoms with Crippen molar-refractivity contribution in [1.29, 1.82) is 0 Å². The van der Waals surface area contributed by atoms with E-state index in [1.165, 1.54) is 0 Å². The Morgan fingerprint density at radius 3 is 2.27 bits per heavy atom. The van der Waals surface area contributed by atoms with E-state index in [0.29, 0.717) is 5.69 Å². The summed E-state index contributed by atoms with van der Waals surface area (Å²) in [4.78, 5) is 0. The fourth-order valence-corrected chi connectivity index (χ4v) is 4.58. The van der Waals surface area contributed by atoms with Gasteiger partial charge in [0.1, 0.15) is 0 Å². The maximum atomic E-state index is 11.9. The van der Waals surface area contributed by atoms with E-state index in [2.05, 4.69) is 14.2 Å². The van der Waals surface area contributed by atoms with Gasteiger partial charge in [0.2, 0.25) is 10.0 Å². The van der Waals surface area contributed by atoms with Crippen molar-refractivity contribution in [2.45, 2.75) is 31.7 Å². The number of hydrogen-bond acceptors (Lipinski definition) is 4. The molecule has 0 radical (unpaired) electrons. The molecule has 0 heterocycles. The van der Waals surface area contributed by atoms with Crippen LogP contribution in [-0.4, -0.2) is 35.2 Å². The predicted molar refractivity (Wildman–Crippen MR) is 86.2 cm³/mol. The first kappa shape index (κ1) is 17.2. The molecule has 0 spiro atoms. The van der Waals surface area contributed by atoms with Crippen LogP contribution in [0.3, 0.4) is 0 Å². The molecule has 0 saturated heterocycles. The number of benzene rings is 1. The molecule has 1 aromatic rings. The first-order valence-corrected chi connectivity index (χ1v) is 10.3. The topological polar surface area (TPSA) is 104 Å². The number of anilines is 1. The second-order valence-corrected chi connectivity index (χ2v) is 8.66. The van der Waals surface area contributed by atoms with Crippen molar-refractivity contribution >= 4 is 25.9 Å². The Morgan fingerprint density at radius 2 is 1.64 bits per heavy atom. The van der Waals surface area contributed by atoms with Gasteiger partial charge in [-0.25, -0.2) is 13.1 Å². The highest BCUT2D eigenvalue weighted by Gasteiger charge is 2.21. The minimum Gasteiger partial charge on any atom is -0.284 e. The van der Waals surface area contributed by atoms with Crippen molar-refractivity contribution in [2.24, 2.45) is 0 Å². The first-order chi connectivity index (χ1) is 10.4. The normalized spacial score (nSPS) is 16.7. The average molecular weight is 347 g/mol. The second kappa shape index (κ2) is 7.40. The highest BCUT2D eigenvalue weighted by atomic mass is 32.2. The van der Waals surface area contributed by atoms with Crippen LogP contribution in [0, 0.1) is 0 Å². The van der Waals surface area contributed by atoms with Crippen molar-refractivity contribution in [3.05, 3.63) is 30.3 Å². The van der Waals surface area contributed by atoms with E-state index in [-0.39, 0.29) is 18.3 Å². The third-order valence-corrected chi connectivity index (χ3v) is 5.90. The minimum absolute atomic E-state index is 0.0449. The maximum absolute atomic E-state index is 11.9. The Hall–Kier alpha value is -1.16. The smallest absolute Gasteiger partial charge is 0.277 e. The van der Waals surface area contributed by atoms with E-state index >= 15 is 0 Å². The van der Waals surface area contributed by atoms with Crippen LogP contribution in [0.25, 0.3) is 0 Å². The van der Waals surface area contributed by atoms with Gasteiger partial charge in [0.05, 0.1) is 5.75 Å². The van der Waals surface area contributed by atoms with E-state index in [0.717, 1.165) is 25.7 Å². The average Bonchev–Trinajstić information content (AvgIpc) is 2.90. The van der Waals surface area contributed by atoms with Gasteiger partial charge in [0.25, 0.3) is 10.2 Å². The molecule has 1 aliphatic rings. The molecule has 1 aliphatic carbocycles. The third-order valence-electron chi connectivity index (χ3n) is 3.39. The first-order valence-electron chi connectivity index (χ1n) is 7.19. The zero-order chi connectivity index (χ0) is 16.1. The molecule has 0 aliphatic heterocycles. The van der Waals surface area contributed by atoms with Crippen LogP contribution >= 0.6 is 0 Å². The summed E-state index contributed by atoms with van der Waals surface area (Å²) in [6.07, 6.45) is 3.69. The largest absolute Gasteiger partial charge is 0.284 e. The van der Waals surface area contributed by atoms with Gasteiger partial charge in [0, 0.05) is 18.3 Å². The lowest BCUT2D eigenvalue weighted by Gasteiger charge is -2.13. The molecule has 0 bridgehead atoms. The second-order valence-electron chi connectivity index (χ2n) is 5.28. The third kappa shape index (κ3) is 5.91. The Labute approximate surface area is 131 Å². The predicted octanol–water partition coefficient (Wildman–Crippen LogP) is 0.795. The van der Waals surface area contributed by atoms with Gasteiger partial charge in [-0.05, 0) is 25.0 Å². The van der Waals surface area contributed by atoms with Gasteiger partial charge in [-0.3, -0.25) is 4.72 Å². The lowest BCUT2D eigenvalue weighted by molar-refractivity contribution is 0.540. The molecule has 1 fully saturated rings. The lowest BCUT2D eigenvalue weighted by atomic mass is 10.3. The lowest BCUT2D eigenvalue weighted by Crippen LogP contribution is -2.43. The van der Waals surface area contributed by atoms with Gasteiger partial charge < -0.3 is 0 Å². The van der Waals surface area contributed by atoms with Crippen molar-refractivity contribution in [1.82, 2.24) is 9.44 Å². The molecule has 0 aromatic heterocycles. The van der Waals surface area contributed by atoms with Crippen LogP contribution in [0.2, 0.25) is 0 Å². The molecule has 0 atom stereocenters. The monoisotopic (exact) mass is 347 g/mol. The van der Waals surface area contributed by atoms with E-state index < -0.39 is 20.2 Å². The van der Waals surface area contributed by atoms with Gasteiger partial charge in [0.15, 0.2) is 0 Å². The fourth-order valence-electron chi connectivity index (χ4n) is 2.35. The van der Waals surface area contributed by atoms with Gasteiger partial charge in [-0.1, -0.05) is 31.0 Å². The van der Waals surface area contributed by atoms with Crippen molar-refractivity contribution in [3.63, 3.8) is 0 Å². The molecule has 7 nitrogen and oxygen atoms in total. The van der Waals surface area contributed by atoms with Crippen LogP contribution in [0.5, 0.6) is 0 Å². The number of sulfonamides is 1. The van der Waals surface area contributed by atoms with Gasteiger partial charge >= 0.3 is 0 Å².